The molecule has 0 bridgehead atoms. The Morgan fingerprint density at radius 3 is 2.89 bits per heavy atom. The van der Waals surface area contributed by atoms with E-state index in [1.807, 2.05) is 6.07 Å². The number of nitrogens with zero attached hydrogens (tertiary/aromatic N) is 1. The lowest BCUT2D eigenvalue weighted by atomic mass is 9.92. The summed E-state index contributed by atoms with van der Waals surface area (Å²) in [7, 11) is 2.22. The van der Waals surface area contributed by atoms with Crippen LogP contribution in [0.2, 0.25) is 0 Å². The highest BCUT2D eigenvalue weighted by molar-refractivity contribution is 9.11. The van der Waals surface area contributed by atoms with Crippen LogP contribution in [0.3, 0.4) is 0 Å². The molecule has 4 heteroatoms. The molecule has 1 aliphatic heterocycles. The summed E-state index contributed by atoms with van der Waals surface area (Å²) in [6.07, 6.45) is 2.64. The van der Waals surface area contributed by atoms with Gasteiger partial charge in [0.1, 0.15) is 0 Å². The summed E-state index contributed by atoms with van der Waals surface area (Å²) in [6.45, 7) is 4.72. The van der Waals surface area contributed by atoms with Gasteiger partial charge in [0.15, 0.2) is 0 Å². The first-order chi connectivity index (χ1) is 8.56. The van der Waals surface area contributed by atoms with E-state index in [1.54, 1.807) is 0 Å². The van der Waals surface area contributed by atoms with Gasteiger partial charge in [0.2, 0.25) is 0 Å². The molecule has 1 saturated heterocycles. The maximum Gasteiger partial charge on any atom is 0.0498 e. The van der Waals surface area contributed by atoms with Gasteiger partial charge in [-0.25, -0.2) is 0 Å². The summed E-state index contributed by atoms with van der Waals surface area (Å²) in [5.41, 5.74) is 1.17. The molecule has 0 aliphatic carbocycles. The Bertz CT molecular complexity index is 409. The van der Waals surface area contributed by atoms with Gasteiger partial charge < -0.3 is 10.2 Å². The van der Waals surface area contributed by atoms with Gasteiger partial charge in [0.25, 0.3) is 0 Å². The van der Waals surface area contributed by atoms with Gasteiger partial charge in [-0.15, -0.1) is 0 Å². The number of halogens is 2. The molecular weight excluding hydrogens is 356 g/mol. The van der Waals surface area contributed by atoms with Crippen LogP contribution in [0.1, 0.15) is 19.8 Å². The van der Waals surface area contributed by atoms with E-state index in [9.17, 15) is 0 Å². The lowest BCUT2D eigenvalue weighted by molar-refractivity contribution is 0.197. The van der Waals surface area contributed by atoms with Crippen molar-refractivity contribution < 1.29 is 0 Å². The zero-order chi connectivity index (χ0) is 13.1. The maximum absolute atomic E-state index is 3.64. The first-order valence-corrected chi connectivity index (χ1v) is 8.05. The van der Waals surface area contributed by atoms with Crippen LogP contribution in [0.5, 0.6) is 0 Å². The number of piperidine rings is 1. The molecule has 18 heavy (non-hydrogen) atoms. The summed E-state index contributed by atoms with van der Waals surface area (Å²) in [5, 5.41) is 3.64. The van der Waals surface area contributed by atoms with E-state index in [1.165, 1.54) is 31.6 Å². The third-order valence-electron chi connectivity index (χ3n) is 3.68. The molecule has 1 aliphatic rings. The smallest absolute Gasteiger partial charge is 0.0498 e. The minimum absolute atomic E-state index is 0.498. The summed E-state index contributed by atoms with van der Waals surface area (Å²) in [6, 6.07) is 6.76. The number of benzene rings is 1. The zero-order valence-corrected chi connectivity index (χ0v) is 14.1. The fraction of sp³-hybridized carbons (Fsp3) is 0.571. The first kappa shape index (κ1) is 14.4. The van der Waals surface area contributed by atoms with E-state index >= 15 is 0 Å². The fourth-order valence-electron chi connectivity index (χ4n) is 2.59. The molecule has 2 rings (SSSR count). The molecule has 1 N–H and O–H groups in total. The minimum Gasteiger partial charge on any atom is -0.381 e. The molecule has 1 heterocycles. The van der Waals surface area contributed by atoms with Crippen LogP contribution < -0.4 is 5.32 Å². The Hall–Kier alpha value is -0.0600. The second kappa shape index (κ2) is 6.40. The van der Waals surface area contributed by atoms with Crippen LogP contribution in [0.15, 0.2) is 27.1 Å². The van der Waals surface area contributed by atoms with Crippen molar-refractivity contribution in [2.24, 2.45) is 5.92 Å². The number of anilines is 1. The number of hydrogen-bond donors (Lipinski definition) is 1. The summed E-state index contributed by atoms with van der Waals surface area (Å²) in [4.78, 5) is 2.43. The van der Waals surface area contributed by atoms with Crippen LogP contribution in [0, 0.1) is 5.92 Å². The van der Waals surface area contributed by atoms with Gasteiger partial charge in [-0.05, 0) is 73.4 Å². The van der Waals surface area contributed by atoms with Crippen molar-refractivity contribution in [3.05, 3.63) is 27.1 Å². The van der Waals surface area contributed by atoms with Gasteiger partial charge in [0, 0.05) is 27.2 Å². The Morgan fingerprint density at radius 1 is 1.39 bits per heavy atom. The number of likely N-dealkylation sites (tertiary alicyclic amines) is 1. The SMILES string of the molecule is CC(Nc1cc(Br)ccc1Br)C1CCCN(C)C1. The van der Waals surface area contributed by atoms with Crippen LogP contribution in [0.25, 0.3) is 0 Å². The van der Waals surface area contributed by atoms with Crippen molar-refractivity contribution in [2.45, 2.75) is 25.8 Å². The minimum atomic E-state index is 0.498. The lowest BCUT2D eigenvalue weighted by Gasteiger charge is -2.34. The average molecular weight is 376 g/mol. The van der Waals surface area contributed by atoms with Crippen LogP contribution in [-0.4, -0.2) is 31.1 Å². The van der Waals surface area contributed by atoms with Crippen molar-refractivity contribution in [1.29, 1.82) is 0 Å². The Balaban J connectivity index is 2.01. The molecule has 1 fully saturated rings. The molecule has 2 nitrogen and oxygen atoms in total. The molecule has 0 radical (unpaired) electrons. The van der Waals surface area contributed by atoms with Gasteiger partial charge in [-0.1, -0.05) is 15.9 Å². The predicted octanol–water partition coefficient (Wildman–Crippen LogP) is 4.35. The van der Waals surface area contributed by atoms with Crippen molar-refractivity contribution in [1.82, 2.24) is 4.90 Å². The standard InChI is InChI=1S/C14H20Br2N2/c1-10(11-4-3-7-18(2)9-11)17-14-8-12(15)5-6-13(14)16/h5-6,8,10-11,17H,3-4,7,9H2,1-2H3. The molecular formula is C14H20Br2N2. The first-order valence-electron chi connectivity index (χ1n) is 6.46. The largest absolute Gasteiger partial charge is 0.381 e. The van der Waals surface area contributed by atoms with Gasteiger partial charge in [0.05, 0.1) is 0 Å². The lowest BCUT2D eigenvalue weighted by Crippen LogP contribution is -2.39. The van der Waals surface area contributed by atoms with Crippen LogP contribution in [0.4, 0.5) is 5.69 Å². The van der Waals surface area contributed by atoms with Crippen molar-refractivity contribution >= 4 is 37.5 Å². The molecule has 100 valence electrons. The Labute approximate surface area is 126 Å². The van der Waals surface area contributed by atoms with E-state index in [0.29, 0.717) is 6.04 Å². The van der Waals surface area contributed by atoms with E-state index in [0.717, 1.165) is 14.9 Å². The highest BCUT2D eigenvalue weighted by Gasteiger charge is 2.23. The highest BCUT2D eigenvalue weighted by atomic mass is 79.9. The molecule has 2 unspecified atom stereocenters. The zero-order valence-electron chi connectivity index (χ0n) is 10.9. The molecule has 0 spiro atoms. The number of nitrogens with one attached hydrogen (secondary N) is 1. The Kier molecular flexibility index (Phi) is 5.10. The van der Waals surface area contributed by atoms with E-state index in [4.69, 9.17) is 0 Å². The summed E-state index contributed by atoms with van der Waals surface area (Å²) in [5.74, 6) is 0.731. The van der Waals surface area contributed by atoms with Crippen LogP contribution in [-0.2, 0) is 0 Å². The monoisotopic (exact) mass is 374 g/mol. The fourth-order valence-corrected chi connectivity index (χ4v) is 3.31. The van der Waals surface area contributed by atoms with E-state index in [2.05, 4.69) is 68.2 Å². The van der Waals surface area contributed by atoms with Crippen molar-refractivity contribution in [3.8, 4) is 0 Å². The van der Waals surface area contributed by atoms with Gasteiger partial charge in [-0.3, -0.25) is 0 Å². The highest BCUT2D eigenvalue weighted by Crippen LogP contribution is 2.29. The summed E-state index contributed by atoms with van der Waals surface area (Å²) < 4.78 is 2.24. The number of rotatable bonds is 3. The predicted molar refractivity (Wildman–Crippen MR) is 85.1 cm³/mol. The average Bonchev–Trinajstić information content (AvgIpc) is 2.34. The molecule has 0 saturated carbocycles. The van der Waals surface area contributed by atoms with Crippen molar-refractivity contribution in [3.63, 3.8) is 0 Å². The van der Waals surface area contributed by atoms with E-state index < -0.39 is 0 Å². The molecule has 1 aromatic carbocycles. The third-order valence-corrected chi connectivity index (χ3v) is 4.86. The maximum atomic E-state index is 3.64. The number of hydrogen-bond acceptors (Lipinski definition) is 2. The second-order valence-corrected chi connectivity index (χ2v) is 6.99. The molecule has 0 amide bonds. The third kappa shape index (κ3) is 3.72. The van der Waals surface area contributed by atoms with Crippen LogP contribution >= 0.6 is 31.9 Å². The van der Waals surface area contributed by atoms with Crippen molar-refractivity contribution in [2.75, 3.05) is 25.5 Å². The summed E-state index contributed by atoms with van der Waals surface area (Å²) >= 11 is 7.12. The quantitative estimate of drug-likeness (QED) is 0.844. The topological polar surface area (TPSA) is 15.3 Å². The molecule has 0 aromatic heterocycles. The normalized spacial score (nSPS) is 22.8. The van der Waals surface area contributed by atoms with Gasteiger partial charge >= 0.3 is 0 Å². The second-order valence-electron chi connectivity index (χ2n) is 5.22. The Morgan fingerprint density at radius 2 is 2.17 bits per heavy atom. The molecule has 1 aromatic rings. The van der Waals surface area contributed by atoms with E-state index in [-0.39, 0.29) is 0 Å². The van der Waals surface area contributed by atoms with Gasteiger partial charge in [-0.2, -0.15) is 0 Å². The molecule has 2 atom stereocenters.